The molecule has 0 unspecified atom stereocenters. The van der Waals surface area contributed by atoms with Crippen LogP contribution in [0.4, 0.5) is 5.82 Å². The van der Waals surface area contributed by atoms with Gasteiger partial charge in [0.15, 0.2) is 0 Å². The highest BCUT2D eigenvalue weighted by Gasteiger charge is 2.04. The highest BCUT2D eigenvalue weighted by atomic mass is 15.1. The number of nitrogens with one attached hydrogen (secondary N) is 1. The van der Waals surface area contributed by atoms with E-state index in [2.05, 4.69) is 44.1 Å². The lowest BCUT2D eigenvalue weighted by Gasteiger charge is -2.09. The molecule has 3 aromatic rings. The standard InChI is InChI=1S/C19H19N5/c20-14-17-9-4-10-18(23-17)22-15-19-21-11-13-24(19)12-5-8-16-6-2-1-3-7-16/h1-4,6-7,9-11,13H,5,8,12,15H2,(H,22,23). The predicted molar refractivity (Wildman–Crippen MR) is 93.3 cm³/mol. The maximum absolute atomic E-state index is 8.89. The lowest BCUT2D eigenvalue weighted by atomic mass is 10.1. The lowest BCUT2D eigenvalue weighted by molar-refractivity contribution is 0.615. The zero-order chi connectivity index (χ0) is 16.6. The van der Waals surface area contributed by atoms with Gasteiger partial charge in [-0.05, 0) is 30.5 Å². The third-order valence-electron chi connectivity index (χ3n) is 3.80. The van der Waals surface area contributed by atoms with E-state index in [1.807, 2.05) is 36.7 Å². The zero-order valence-corrected chi connectivity index (χ0v) is 13.4. The van der Waals surface area contributed by atoms with Crippen molar-refractivity contribution in [2.24, 2.45) is 0 Å². The quantitative estimate of drug-likeness (QED) is 0.725. The molecule has 0 aliphatic carbocycles. The van der Waals surface area contributed by atoms with Crippen molar-refractivity contribution in [3.63, 3.8) is 0 Å². The van der Waals surface area contributed by atoms with E-state index >= 15 is 0 Å². The first-order valence-corrected chi connectivity index (χ1v) is 8.00. The van der Waals surface area contributed by atoms with E-state index in [9.17, 15) is 0 Å². The van der Waals surface area contributed by atoms with E-state index in [0.717, 1.165) is 25.2 Å². The molecule has 0 aliphatic rings. The number of nitrogens with zero attached hydrogens (tertiary/aromatic N) is 4. The molecular weight excluding hydrogens is 298 g/mol. The molecule has 0 atom stereocenters. The molecule has 0 bridgehead atoms. The Hall–Kier alpha value is -3.13. The second-order valence-corrected chi connectivity index (χ2v) is 5.50. The molecule has 0 aliphatic heterocycles. The lowest BCUT2D eigenvalue weighted by Crippen LogP contribution is -2.10. The van der Waals surface area contributed by atoms with Crippen LogP contribution in [-0.4, -0.2) is 14.5 Å². The molecule has 5 heteroatoms. The summed E-state index contributed by atoms with van der Waals surface area (Å²) >= 11 is 0. The third-order valence-corrected chi connectivity index (χ3v) is 3.80. The fourth-order valence-corrected chi connectivity index (χ4v) is 2.57. The van der Waals surface area contributed by atoms with Gasteiger partial charge in [-0.1, -0.05) is 36.4 Å². The molecule has 0 radical (unpaired) electrons. The number of hydrogen-bond donors (Lipinski definition) is 1. The number of benzene rings is 1. The molecule has 1 aromatic carbocycles. The molecule has 1 N–H and O–H groups in total. The molecular formula is C19H19N5. The summed E-state index contributed by atoms with van der Waals surface area (Å²) in [5.41, 5.74) is 1.76. The number of aryl methyl sites for hydroxylation is 2. The number of nitriles is 1. The Labute approximate surface area is 141 Å². The van der Waals surface area contributed by atoms with Gasteiger partial charge in [-0.3, -0.25) is 0 Å². The van der Waals surface area contributed by atoms with Crippen LogP contribution >= 0.6 is 0 Å². The van der Waals surface area contributed by atoms with Crippen molar-refractivity contribution in [3.05, 3.63) is 78.0 Å². The summed E-state index contributed by atoms with van der Waals surface area (Å²) in [6.45, 7) is 1.51. The van der Waals surface area contributed by atoms with Gasteiger partial charge in [0.2, 0.25) is 0 Å². The van der Waals surface area contributed by atoms with Crippen LogP contribution in [0, 0.1) is 11.3 Å². The molecule has 2 heterocycles. The Morgan fingerprint density at radius 2 is 1.96 bits per heavy atom. The summed E-state index contributed by atoms with van der Waals surface area (Å²) in [6, 6.07) is 17.9. The van der Waals surface area contributed by atoms with Crippen molar-refractivity contribution in [3.8, 4) is 6.07 Å². The second kappa shape index (κ2) is 7.93. The van der Waals surface area contributed by atoms with Crippen LogP contribution in [0.25, 0.3) is 0 Å². The van der Waals surface area contributed by atoms with E-state index in [1.165, 1.54) is 5.56 Å². The van der Waals surface area contributed by atoms with Crippen LogP contribution in [0.5, 0.6) is 0 Å². The first-order valence-electron chi connectivity index (χ1n) is 8.00. The van der Waals surface area contributed by atoms with Crippen LogP contribution in [0.3, 0.4) is 0 Å². The minimum Gasteiger partial charge on any atom is -0.363 e. The van der Waals surface area contributed by atoms with E-state index in [1.54, 1.807) is 6.07 Å². The van der Waals surface area contributed by atoms with E-state index in [-0.39, 0.29) is 0 Å². The smallest absolute Gasteiger partial charge is 0.142 e. The first-order chi connectivity index (χ1) is 11.8. The molecule has 0 spiro atoms. The maximum Gasteiger partial charge on any atom is 0.142 e. The summed E-state index contributed by atoms with van der Waals surface area (Å²) < 4.78 is 2.16. The van der Waals surface area contributed by atoms with E-state index < -0.39 is 0 Å². The molecule has 3 rings (SSSR count). The van der Waals surface area contributed by atoms with Crippen molar-refractivity contribution >= 4 is 5.82 Å². The summed E-state index contributed by atoms with van der Waals surface area (Å²) in [6.07, 6.45) is 5.94. The van der Waals surface area contributed by atoms with Crippen molar-refractivity contribution in [2.45, 2.75) is 25.9 Å². The van der Waals surface area contributed by atoms with Gasteiger partial charge >= 0.3 is 0 Å². The molecule has 24 heavy (non-hydrogen) atoms. The maximum atomic E-state index is 8.89. The van der Waals surface area contributed by atoms with Gasteiger partial charge in [0.1, 0.15) is 23.4 Å². The van der Waals surface area contributed by atoms with Crippen LogP contribution in [0.1, 0.15) is 23.5 Å². The number of anilines is 1. The van der Waals surface area contributed by atoms with Crippen LogP contribution in [-0.2, 0) is 19.5 Å². The van der Waals surface area contributed by atoms with Crippen LogP contribution < -0.4 is 5.32 Å². The van der Waals surface area contributed by atoms with Gasteiger partial charge in [0.25, 0.3) is 0 Å². The Kier molecular flexibility index (Phi) is 5.21. The Bertz CT molecular complexity index is 817. The summed E-state index contributed by atoms with van der Waals surface area (Å²) in [7, 11) is 0. The zero-order valence-electron chi connectivity index (χ0n) is 13.4. The van der Waals surface area contributed by atoms with Gasteiger partial charge in [-0.25, -0.2) is 9.97 Å². The number of hydrogen-bond acceptors (Lipinski definition) is 4. The minimum absolute atomic E-state index is 0.409. The highest BCUT2D eigenvalue weighted by molar-refractivity contribution is 5.38. The van der Waals surface area contributed by atoms with Crippen LogP contribution in [0.2, 0.25) is 0 Å². The predicted octanol–water partition coefficient (Wildman–Crippen LogP) is 3.39. The third kappa shape index (κ3) is 4.20. The van der Waals surface area contributed by atoms with E-state index in [4.69, 9.17) is 5.26 Å². The van der Waals surface area contributed by atoms with Gasteiger partial charge in [0, 0.05) is 18.9 Å². The molecule has 120 valence electrons. The van der Waals surface area contributed by atoms with Crippen molar-refractivity contribution in [1.29, 1.82) is 5.26 Å². The van der Waals surface area contributed by atoms with Crippen molar-refractivity contribution in [2.75, 3.05) is 5.32 Å². The summed E-state index contributed by atoms with van der Waals surface area (Å²) in [4.78, 5) is 8.62. The van der Waals surface area contributed by atoms with Crippen LogP contribution in [0.15, 0.2) is 60.9 Å². The Morgan fingerprint density at radius 1 is 1.08 bits per heavy atom. The highest BCUT2D eigenvalue weighted by Crippen LogP contribution is 2.09. The average molecular weight is 317 g/mol. The number of aromatic nitrogens is 3. The molecule has 0 amide bonds. The monoisotopic (exact) mass is 317 g/mol. The Balaban J connectivity index is 1.54. The molecule has 0 saturated heterocycles. The minimum atomic E-state index is 0.409. The topological polar surface area (TPSA) is 66.5 Å². The number of imidazole rings is 1. The van der Waals surface area contributed by atoms with Crippen molar-refractivity contribution in [1.82, 2.24) is 14.5 Å². The summed E-state index contributed by atoms with van der Waals surface area (Å²) in [5.74, 6) is 1.65. The molecule has 0 saturated carbocycles. The largest absolute Gasteiger partial charge is 0.363 e. The fraction of sp³-hybridized carbons (Fsp3) is 0.211. The normalized spacial score (nSPS) is 10.3. The second-order valence-electron chi connectivity index (χ2n) is 5.50. The number of rotatable bonds is 7. The van der Waals surface area contributed by atoms with E-state index in [0.29, 0.717) is 18.1 Å². The average Bonchev–Trinajstić information content (AvgIpc) is 3.08. The first kappa shape index (κ1) is 15.8. The number of pyridine rings is 1. The Morgan fingerprint density at radius 3 is 2.79 bits per heavy atom. The molecule has 2 aromatic heterocycles. The summed E-state index contributed by atoms with van der Waals surface area (Å²) in [5, 5.41) is 12.1. The fourth-order valence-electron chi connectivity index (χ4n) is 2.57. The van der Waals surface area contributed by atoms with Gasteiger partial charge < -0.3 is 9.88 Å². The molecule has 5 nitrogen and oxygen atoms in total. The van der Waals surface area contributed by atoms with Crippen molar-refractivity contribution < 1.29 is 0 Å². The van der Waals surface area contributed by atoms with Gasteiger partial charge in [0.05, 0.1) is 6.54 Å². The van der Waals surface area contributed by atoms with Gasteiger partial charge in [-0.15, -0.1) is 0 Å². The molecule has 0 fully saturated rings. The SMILES string of the molecule is N#Cc1cccc(NCc2nccn2CCCc2ccccc2)n1. The van der Waals surface area contributed by atoms with Gasteiger partial charge in [-0.2, -0.15) is 5.26 Å².